The van der Waals surface area contributed by atoms with Crippen LogP contribution >= 0.6 is 0 Å². The van der Waals surface area contributed by atoms with Gasteiger partial charge in [0.1, 0.15) is 11.5 Å². The van der Waals surface area contributed by atoms with Crippen LogP contribution in [0.25, 0.3) is 11.3 Å². The lowest BCUT2D eigenvalue weighted by Crippen LogP contribution is -2.31. The fourth-order valence-corrected chi connectivity index (χ4v) is 4.24. The van der Waals surface area contributed by atoms with Crippen LogP contribution in [0.15, 0.2) is 59.1 Å². The van der Waals surface area contributed by atoms with Crippen molar-refractivity contribution >= 4 is 15.9 Å². The lowest BCUT2D eigenvalue weighted by Gasteiger charge is -2.10. The van der Waals surface area contributed by atoms with Crippen molar-refractivity contribution < 1.29 is 22.1 Å². The van der Waals surface area contributed by atoms with Crippen LogP contribution in [0.4, 0.5) is 4.39 Å². The van der Waals surface area contributed by atoms with Gasteiger partial charge in [0.05, 0.1) is 5.75 Å². The number of hydrogen-bond donors (Lipinski definition) is 2. The van der Waals surface area contributed by atoms with Crippen LogP contribution in [0.2, 0.25) is 0 Å². The Hall–Kier alpha value is -3.04. The molecule has 3 aromatic rings. The number of hydrogen-bond acceptors (Lipinski definition) is 5. The third-order valence-electron chi connectivity index (χ3n) is 4.10. The van der Waals surface area contributed by atoms with Crippen molar-refractivity contribution in [3.05, 3.63) is 77.3 Å². The summed E-state index contributed by atoms with van der Waals surface area (Å²) < 4.78 is 44.9. The average Bonchev–Trinajstić information content (AvgIpc) is 3.16. The van der Waals surface area contributed by atoms with Gasteiger partial charge in [-0.25, -0.2) is 17.5 Å². The monoisotopic (exact) mass is 431 g/mol. The highest BCUT2D eigenvalue weighted by Gasteiger charge is 2.15. The number of sulfonamides is 1. The van der Waals surface area contributed by atoms with Crippen LogP contribution < -0.4 is 10.0 Å². The molecule has 0 saturated carbocycles. The molecular weight excluding hydrogens is 409 g/mol. The Morgan fingerprint density at radius 3 is 2.47 bits per heavy atom. The topological polar surface area (TPSA) is 101 Å². The summed E-state index contributed by atoms with van der Waals surface area (Å²) in [4.78, 5) is 12.3. The van der Waals surface area contributed by atoms with Gasteiger partial charge < -0.3 is 9.84 Å². The molecule has 2 aromatic carbocycles. The van der Waals surface area contributed by atoms with Gasteiger partial charge in [0, 0.05) is 24.2 Å². The number of amides is 1. The van der Waals surface area contributed by atoms with Gasteiger partial charge in [-0.15, -0.1) is 0 Å². The van der Waals surface area contributed by atoms with E-state index in [4.69, 9.17) is 4.52 Å². The Labute approximate surface area is 174 Å². The van der Waals surface area contributed by atoms with Crippen molar-refractivity contribution in [2.24, 2.45) is 0 Å². The number of carbonyl (C=O) groups is 1. The summed E-state index contributed by atoms with van der Waals surface area (Å²) in [6.45, 7) is 3.75. The Bertz CT molecular complexity index is 1130. The van der Waals surface area contributed by atoms with Gasteiger partial charge in [-0.2, -0.15) is 0 Å². The average molecular weight is 431 g/mol. The second-order valence-electron chi connectivity index (χ2n) is 7.12. The number of nitrogens with zero attached hydrogens (tertiary/aromatic N) is 1. The molecule has 30 heavy (non-hydrogen) atoms. The third-order valence-corrected chi connectivity index (χ3v) is 5.65. The van der Waals surface area contributed by atoms with Crippen molar-refractivity contribution in [1.29, 1.82) is 0 Å². The molecule has 0 radical (unpaired) electrons. The zero-order chi connectivity index (χ0) is 21.7. The van der Waals surface area contributed by atoms with Crippen LogP contribution in [0.3, 0.4) is 0 Å². The van der Waals surface area contributed by atoms with E-state index in [1.807, 2.05) is 0 Å². The summed E-state index contributed by atoms with van der Waals surface area (Å²) in [5, 5.41) is 6.51. The van der Waals surface area contributed by atoms with Crippen LogP contribution in [0.1, 0.15) is 35.5 Å². The second kappa shape index (κ2) is 9.19. The number of nitrogens with one attached hydrogen (secondary N) is 2. The minimum absolute atomic E-state index is 0.0109. The largest absolute Gasteiger partial charge is 0.350 e. The summed E-state index contributed by atoms with van der Waals surface area (Å²) in [5.41, 5.74) is 2.31. The Kier molecular flexibility index (Phi) is 6.63. The predicted molar refractivity (Wildman–Crippen MR) is 110 cm³/mol. The van der Waals surface area contributed by atoms with Gasteiger partial charge in [-0.1, -0.05) is 41.6 Å². The molecule has 1 aromatic heterocycles. The minimum atomic E-state index is -3.39. The Balaban J connectivity index is 1.57. The molecule has 9 heteroatoms. The van der Waals surface area contributed by atoms with Crippen molar-refractivity contribution in [1.82, 2.24) is 15.2 Å². The number of halogens is 1. The minimum Gasteiger partial charge on any atom is -0.350 e. The number of rotatable bonds is 8. The van der Waals surface area contributed by atoms with E-state index < -0.39 is 21.7 Å². The molecule has 2 N–H and O–H groups in total. The van der Waals surface area contributed by atoms with E-state index in [0.29, 0.717) is 16.8 Å². The fraction of sp³-hybridized carbons (Fsp3) is 0.238. The molecule has 1 heterocycles. The molecule has 0 bridgehead atoms. The summed E-state index contributed by atoms with van der Waals surface area (Å²) in [7, 11) is -3.39. The van der Waals surface area contributed by atoms with Gasteiger partial charge in [0.2, 0.25) is 15.8 Å². The number of benzene rings is 2. The molecule has 0 atom stereocenters. The summed E-state index contributed by atoms with van der Waals surface area (Å²) in [6, 6.07) is 14.0. The zero-order valence-corrected chi connectivity index (χ0v) is 17.4. The van der Waals surface area contributed by atoms with E-state index in [2.05, 4.69) is 15.2 Å². The third kappa shape index (κ3) is 5.98. The van der Waals surface area contributed by atoms with E-state index in [9.17, 15) is 17.6 Å². The molecule has 0 aliphatic carbocycles. The maximum Gasteiger partial charge on any atom is 0.290 e. The molecular formula is C21H22FN3O4S. The first kappa shape index (κ1) is 21.7. The van der Waals surface area contributed by atoms with Crippen LogP contribution in [0.5, 0.6) is 0 Å². The molecule has 0 aliphatic rings. The second-order valence-corrected chi connectivity index (χ2v) is 8.87. The number of carbonyl (C=O) groups excluding carboxylic acids is 1. The highest BCUT2D eigenvalue weighted by molar-refractivity contribution is 7.88. The SMILES string of the molecule is CC(C)NS(=O)(=O)Cc1ccc(CNC(=O)c2cc(-c3cccc(F)c3)no2)cc1. The quantitative estimate of drug-likeness (QED) is 0.570. The van der Waals surface area contributed by atoms with Gasteiger partial charge >= 0.3 is 0 Å². The van der Waals surface area contributed by atoms with E-state index in [-0.39, 0.29) is 24.1 Å². The highest BCUT2D eigenvalue weighted by Crippen LogP contribution is 2.20. The van der Waals surface area contributed by atoms with Crippen LogP contribution in [0, 0.1) is 5.82 Å². The van der Waals surface area contributed by atoms with Gasteiger partial charge in [0.15, 0.2) is 0 Å². The van der Waals surface area contributed by atoms with Crippen molar-refractivity contribution in [3.63, 3.8) is 0 Å². The first-order valence-electron chi connectivity index (χ1n) is 9.30. The predicted octanol–water partition coefficient (Wildman–Crippen LogP) is 3.24. The Morgan fingerprint density at radius 2 is 1.80 bits per heavy atom. The van der Waals surface area contributed by atoms with Crippen molar-refractivity contribution in [3.8, 4) is 11.3 Å². The smallest absolute Gasteiger partial charge is 0.290 e. The lowest BCUT2D eigenvalue weighted by molar-refractivity contribution is 0.0914. The van der Waals surface area contributed by atoms with Crippen LogP contribution in [-0.4, -0.2) is 25.5 Å². The fourth-order valence-electron chi connectivity index (χ4n) is 2.81. The summed E-state index contributed by atoms with van der Waals surface area (Å²) in [5.74, 6) is -0.967. The maximum absolute atomic E-state index is 13.3. The van der Waals surface area contributed by atoms with Crippen LogP contribution in [-0.2, 0) is 22.3 Å². The lowest BCUT2D eigenvalue weighted by atomic mass is 10.1. The highest BCUT2D eigenvalue weighted by atomic mass is 32.2. The zero-order valence-electron chi connectivity index (χ0n) is 16.6. The maximum atomic E-state index is 13.3. The molecule has 3 rings (SSSR count). The standard InChI is InChI=1S/C21H22FN3O4S/c1-14(2)25-30(27,28)13-16-8-6-15(7-9-16)12-23-21(26)20-11-19(24-29-20)17-4-3-5-18(22)10-17/h3-11,14,25H,12-13H2,1-2H3,(H,23,26). The van der Waals surface area contributed by atoms with Crippen molar-refractivity contribution in [2.75, 3.05) is 0 Å². The molecule has 7 nitrogen and oxygen atoms in total. The van der Waals surface area contributed by atoms with E-state index in [0.717, 1.165) is 5.56 Å². The molecule has 0 fully saturated rings. The molecule has 158 valence electrons. The first-order valence-corrected chi connectivity index (χ1v) is 11.0. The molecule has 0 unspecified atom stereocenters. The van der Waals surface area contributed by atoms with Crippen molar-refractivity contribution in [2.45, 2.75) is 32.2 Å². The first-order chi connectivity index (χ1) is 14.2. The molecule has 1 amide bonds. The van der Waals surface area contributed by atoms with E-state index in [1.54, 1.807) is 50.2 Å². The van der Waals surface area contributed by atoms with E-state index >= 15 is 0 Å². The summed E-state index contributed by atoms with van der Waals surface area (Å²) >= 11 is 0. The molecule has 0 saturated heterocycles. The Morgan fingerprint density at radius 1 is 1.10 bits per heavy atom. The summed E-state index contributed by atoms with van der Waals surface area (Å²) in [6.07, 6.45) is 0. The van der Waals surface area contributed by atoms with E-state index in [1.165, 1.54) is 18.2 Å². The van der Waals surface area contributed by atoms with Gasteiger partial charge in [0.25, 0.3) is 5.91 Å². The number of aromatic nitrogens is 1. The molecule has 0 aliphatic heterocycles. The molecule has 0 spiro atoms. The van der Waals surface area contributed by atoms with Gasteiger partial charge in [-0.05, 0) is 37.1 Å². The normalized spacial score (nSPS) is 11.6. The van der Waals surface area contributed by atoms with Gasteiger partial charge in [-0.3, -0.25) is 4.79 Å².